The highest BCUT2D eigenvalue weighted by Crippen LogP contribution is 2.29. The number of hydrogen-bond donors (Lipinski definition) is 0. The Morgan fingerprint density at radius 3 is 2.45 bits per heavy atom. The molecule has 1 saturated carbocycles. The van der Waals surface area contributed by atoms with Gasteiger partial charge in [-0.2, -0.15) is 0 Å². The molecular weight excluding hydrogens is 250 g/mol. The van der Waals surface area contributed by atoms with Gasteiger partial charge in [0.25, 0.3) is 0 Å². The van der Waals surface area contributed by atoms with Crippen LogP contribution in [-0.2, 0) is 11.3 Å². The Balaban J connectivity index is 1.94. The van der Waals surface area contributed by atoms with E-state index in [1.54, 1.807) is 0 Å². The minimum Gasteiger partial charge on any atom is -0.465 e. The number of esters is 1. The number of carbonyl (C=O) groups is 1. The summed E-state index contributed by atoms with van der Waals surface area (Å²) >= 11 is 0. The lowest BCUT2D eigenvalue weighted by molar-refractivity contribution is 0.0600. The molecule has 0 amide bonds. The predicted molar refractivity (Wildman–Crippen MR) is 80.7 cm³/mol. The summed E-state index contributed by atoms with van der Waals surface area (Å²) < 4.78 is 4.72. The molecule has 0 bridgehead atoms. The van der Waals surface area contributed by atoms with Gasteiger partial charge in [-0.1, -0.05) is 26.0 Å². The van der Waals surface area contributed by atoms with Crippen LogP contribution in [0.3, 0.4) is 0 Å². The summed E-state index contributed by atoms with van der Waals surface area (Å²) in [7, 11) is 1.41. The molecule has 0 heterocycles. The number of nitrogens with zero attached hydrogens (tertiary/aromatic N) is 1. The van der Waals surface area contributed by atoms with Crippen molar-refractivity contribution in [2.24, 2.45) is 5.92 Å². The fraction of sp³-hybridized carbons (Fsp3) is 0.588. The first-order chi connectivity index (χ1) is 9.60. The molecule has 1 aromatic carbocycles. The van der Waals surface area contributed by atoms with E-state index in [1.807, 2.05) is 24.3 Å². The van der Waals surface area contributed by atoms with Crippen LogP contribution < -0.4 is 0 Å². The second-order valence-electron chi connectivity index (χ2n) is 6.07. The van der Waals surface area contributed by atoms with Gasteiger partial charge in [0.15, 0.2) is 0 Å². The SMILES string of the molecule is COC(=O)c1ccc(CN(CCC(C)C)C2CC2)cc1. The molecule has 0 atom stereocenters. The third-order valence-corrected chi connectivity index (χ3v) is 3.82. The van der Waals surface area contributed by atoms with Crippen LogP contribution in [-0.4, -0.2) is 30.6 Å². The van der Waals surface area contributed by atoms with Gasteiger partial charge in [-0.05, 0) is 49.4 Å². The molecule has 0 aliphatic heterocycles. The molecule has 1 aliphatic rings. The maximum atomic E-state index is 11.4. The van der Waals surface area contributed by atoms with Crippen molar-refractivity contribution in [1.29, 1.82) is 0 Å². The molecule has 110 valence electrons. The lowest BCUT2D eigenvalue weighted by Gasteiger charge is -2.23. The Morgan fingerprint density at radius 2 is 1.95 bits per heavy atom. The van der Waals surface area contributed by atoms with Gasteiger partial charge in [0.2, 0.25) is 0 Å². The van der Waals surface area contributed by atoms with E-state index in [4.69, 9.17) is 4.74 Å². The molecule has 0 aromatic heterocycles. The Labute approximate surface area is 121 Å². The second kappa shape index (κ2) is 6.89. The molecule has 0 spiro atoms. The first kappa shape index (κ1) is 15.0. The van der Waals surface area contributed by atoms with E-state index in [9.17, 15) is 4.79 Å². The highest BCUT2D eigenvalue weighted by Gasteiger charge is 2.28. The molecule has 2 rings (SSSR count). The minimum atomic E-state index is -0.268. The standard InChI is InChI=1S/C17H25NO2/c1-13(2)10-11-18(16-8-9-16)12-14-4-6-15(7-5-14)17(19)20-3/h4-7,13,16H,8-12H2,1-3H3. The van der Waals surface area contributed by atoms with E-state index in [1.165, 1.54) is 38.5 Å². The highest BCUT2D eigenvalue weighted by molar-refractivity contribution is 5.89. The molecule has 0 saturated heterocycles. The van der Waals surface area contributed by atoms with Crippen molar-refractivity contribution in [2.45, 2.75) is 45.7 Å². The summed E-state index contributed by atoms with van der Waals surface area (Å²) in [5.41, 5.74) is 1.89. The van der Waals surface area contributed by atoms with E-state index in [-0.39, 0.29) is 5.97 Å². The maximum absolute atomic E-state index is 11.4. The average Bonchev–Trinajstić information content (AvgIpc) is 3.27. The van der Waals surface area contributed by atoms with Crippen molar-refractivity contribution in [3.05, 3.63) is 35.4 Å². The van der Waals surface area contributed by atoms with Crippen molar-refractivity contribution in [3.8, 4) is 0 Å². The van der Waals surface area contributed by atoms with Gasteiger partial charge in [-0.25, -0.2) is 4.79 Å². The van der Waals surface area contributed by atoms with Crippen LogP contribution in [0.1, 0.15) is 49.0 Å². The van der Waals surface area contributed by atoms with Gasteiger partial charge >= 0.3 is 5.97 Å². The summed E-state index contributed by atoms with van der Waals surface area (Å²) in [4.78, 5) is 14.0. The van der Waals surface area contributed by atoms with Crippen molar-refractivity contribution < 1.29 is 9.53 Å². The number of rotatable bonds is 7. The van der Waals surface area contributed by atoms with E-state index < -0.39 is 0 Å². The zero-order chi connectivity index (χ0) is 14.5. The zero-order valence-corrected chi connectivity index (χ0v) is 12.8. The maximum Gasteiger partial charge on any atom is 0.337 e. The lowest BCUT2D eigenvalue weighted by Crippen LogP contribution is -2.27. The number of benzene rings is 1. The minimum absolute atomic E-state index is 0.268. The van der Waals surface area contributed by atoms with Gasteiger partial charge in [-0.3, -0.25) is 4.90 Å². The predicted octanol–water partition coefficient (Wildman–Crippen LogP) is 3.48. The highest BCUT2D eigenvalue weighted by atomic mass is 16.5. The van der Waals surface area contributed by atoms with Crippen LogP contribution in [0.25, 0.3) is 0 Å². The summed E-state index contributed by atoms with van der Waals surface area (Å²) in [5, 5.41) is 0. The summed E-state index contributed by atoms with van der Waals surface area (Å²) in [5.74, 6) is 0.480. The quantitative estimate of drug-likeness (QED) is 0.713. The Hall–Kier alpha value is -1.35. The second-order valence-corrected chi connectivity index (χ2v) is 6.07. The van der Waals surface area contributed by atoms with Crippen LogP contribution in [0.2, 0.25) is 0 Å². The van der Waals surface area contributed by atoms with Crippen LogP contribution in [0, 0.1) is 5.92 Å². The number of ether oxygens (including phenoxy) is 1. The molecular formula is C17H25NO2. The summed E-state index contributed by atoms with van der Waals surface area (Å²) in [6.07, 6.45) is 3.91. The zero-order valence-electron chi connectivity index (χ0n) is 12.8. The molecule has 3 nitrogen and oxygen atoms in total. The smallest absolute Gasteiger partial charge is 0.337 e. The first-order valence-electron chi connectivity index (χ1n) is 7.51. The Bertz CT molecular complexity index is 435. The average molecular weight is 275 g/mol. The summed E-state index contributed by atoms with van der Waals surface area (Å²) in [6.45, 7) is 6.70. The van der Waals surface area contributed by atoms with Crippen LogP contribution in [0.4, 0.5) is 0 Å². The molecule has 20 heavy (non-hydrogen) atoms. The van der Waals surface area contributed by atoms with Crippen molar-refractivity contribution in [1.82, 2.24) is 4.90 Å². The van der Waals surface area contributed by atoms with Crippen LogP contribution >= 0.6 is 0 Å². The molecule has 3 heteroatoms. The normalized spacial score (nSPS) is 14.8. The van der Waals surface area contributed by atoms with Gasteiger partial charge in [0.1, 0.15) is 0 Å². The molecule has 0 N–H and O–H groups in total. The van der Waals surface area contributed by atoms with Crippen molar-refractivity contribution in [3.63, 3.8) is 0 Å². The van der Waals surface area contributed by atoms with E-state index in [2.05, 4.69) is 18.7 Å². The topological polar surface area (TPSA) is 29.5 Å². The molecule has 1 aliphatic carbocycles. The number of methoxy groups -OCH3 is 1. The fourth-order valence-corrected chi connectivity index (χ4v) is 2.35. The van der Waals surface area contributed by atoms with E-state index >= 15 is 0 Å². The largest absolute Gasteiger partial charge is 0.465 e. The van der Waals surface area contributed by atoms with Crippen LogP contribution in [0.15, 0.2) is 24.3 Å². The van der Waals surface area contributed by atoms with Gasteiger partial charge < -0.3 is 4.74 Å². The first-order valence-corrected chi connectivity index (χ1v) is 7.51. The molecule has 0 radical (unpaired) electrons. The monoisotopic (exact) mass is 275 g/mol. The number of carbonyl (C=O) groups excluding carboxylic acids is 1. The van der Waals surface area contributed by atoms with Gasteiger partial charge in [-0.15, -0.1) is 0 Å². The third-order valence-electron chi connectivity index (χ3n) is 3.82. The third kappa shape index (κ3) is 4.34. The Morgan fingerprint density at radius 1 is 1.30 bits per heavy atom. The van der Waals surface area contributed by atoms with E-state index in [0.29, 0.717) is 5.56 Å². The van der Waals surface area contributed by atoms with Crippen molar-refractivity contribution >= 4 is 5.97 Å². The van der Waals surface area contributed by atoms with Crippen LogP contribution in [0.5, 0.6) is 0 Å². The Kier molecular flexibility index (Phi) is 5.18. The molecule has 1 fully saturated rings. The summed E-state index contributed by atoms with van der Waals surface area (Å²) in [6, 6.07) is 8.56. The van der Waals surface area contributed by atoms with E-state index in [0.717, 1.165) is 18.5 Å². The van der Waals surface area contributed by atoms with Gasteiger partial charge in [0.05, 0.1) is 12.7 Å². The molecule has 1 aromatic rings. The number of hydrogen-bond acceptors (Lipinski definition) is 3. The fourth-order valence-electron chi connectivity index (χ4n) is 2.35. The molecule has 0 unspecified atom stereocenters. The lowest BCUT2D eigenvalue weighted by atomic mass is 10.1. The van der Waals surface area contributed by atoms with Gasteiger partial charge in [0, 0.05) is 12.6 Å². The van der Waals surface area contributed by atoms with Crippen molar-refractivity contribution in [2.75, 3.05) is 13.7 Å².